The Morgan fingerprint density at radius 2 is 1.53 bits per heavy atom. The Hall–Kier alpha value is 0. The molecule has 0 radical (unpaired) electrons. The van der Waals surface area contributed by atoms with Crippen molar-refractivity contribution in [3.05, 3.63) is 0 Å². The monoisotopic (exact) mass is 210 g/mol. The van der Waals surface area contributed by atoms with Crippen LogP contribution in [0.25, 0.3) is 0 Å². The molecular weight excluding hydrogens is 180 g/mol. The maximum Gasteiger partial charge on any atom is -0.0320 e. The fraction of sp³-hybridized carbons (Fsp3) is 1.00. The molecule has 0 heterocycles. The van der Waals surface area contributed by atoms with E-state index in [1.165, 1.54) is 12.8 Å². The van der Waals surface area contributed by atoms with Crippen LogP contribution in [-0.2, 0) is 0 Å². The Morgan fingerprint density at radius 3 is 1.87 bits per heavy atom. The fourth-order valence-corrected chi connectivity index (χ4v) is 3.14. The van der Waals surface area contributed by atoms with Crippen LogP contribution in [-0.4, -0.2) is 0 Å². The van der Waals surface area contributed by atoms with Gasteiger partial charge in [0.05, 0.1) is 0 Å². The Kier molecular flexibility index (Phi) is 3.90. The molecule has 0 aromatic rings. The molecule has 1 rings (SSSR count). The zero-order chi connectivity index (χ0) is 11.8. The summed E-state index contributed by atoms with van der Waals surface area (Å²) in [5.41, 5.74) is 0.642. The molecule has 0 spiro atoms. The molecule has 0 aliphatic heterocycles. The minimum atomic E-state index is 0.642. The molecule has 0 heteroatoms. The maximum absolute atomic E-state index is 2.48. The SMILES string of the molecule is CCC(C)C(C)C(C)C(C)C1CC1(C)C. The van der Waals surface area contributed by atoms with E-state index in [4.69, 9.17) is 0 Å². The molecule has 5 unspecified atom stereocenters. The van der Waals surface area contributed by atoms with Crippen LogP contribution in [0.3, 0.4) is 0 Å². The second-order valence-electron chi connectivity index (χ2n) is 6.76. The lowest BCUT2D eigenvalue weighted by Crippen LogP contribution is -2.24. The van der Waals surface area contributed by atoms with E-state index in [0.717, 1.165) is 29.6 Å². The van der Waals surface area contributed by atoms with Gasteiger partial charge in [0, 0.05) is 0 Å². The highest BCUT2D eigenvalue weighted by Crippen LogP contribution is 2.58. The molecule has 0 bridgehead atoms. The van der Waals surface area contributed by atoms with Crippen LogP contribution in [0.2, 0.25) is 0 Å². The van der Waals surface area contributed by atoms with E-state index in [2.05, 4.69) is 48.5 Å². The van der Waals surface area contributed by atoms with Gasteiger partial charge in [0.1, 0.15) is 0 Å². The largest absolute Gasteiger partial charge is 0.0651 e. The molecule has 1 saturated carbocycles. The van der Waals surface area contributed by atoms with Gasteiger partial charge in [-0.15, -0.1) is 0 Å². The van der Waals surface area contributed by atoms with Crippen molar-refractivity contribution in [1.82, 2.24) is 0 Å². The third-order valence-corrected chi connectivity index (χ3v) is 5.42. The van der Waals surface area contributed by atoms with Crippen LogP contribution in [0.15, 0.2) is 0 Å². The normalized spacial score (nSPS) is 31.8. The van der Waals surface area contributed by atoms with E-state index in [1.54, 1.807) is 0 Å². The molecule has 0 N–H and O–H groups in total. The third kappa shape index (κ3) is 2.77. The predicted octanol–water partition coefficient (Wildman–Crippen LogP) is 4.99. The second-order valence-corrected chi connectivity index (χ2v) is 6.76. The van der Waals surface area contributed by atoms with Crippen molar-refractivity contribution >= 4 is 0 Å². The molecule has 0 saturated heterocycles. The molecule has 1 aliphatic rings. The average Bonchev–Trinajstić information content (AvgIpc) is 2.83. The van der Waals surface area contributed by atoms with Crippen LogP contribution >= 0.6 is 0 Å². The summed E-state index contributed by atoms with van der Waals surface area (Å²) in [5.74, 6) is 4.53. The van der Waals surface area contributed by atoms with Crippen molar-refractivity contribution in [3.63, 3.8) is 0 Å². The lowest BCUT2D eigenvalue weighted by molar-refractivity contribution is 0.181. The van der Waals surface area contributed by atoms with Gasteiger partial charge in [0.15, 0.2) is 0 Å². The van der Waals surface area contributed by atoms with Crippen LogP contribution in [0.5, 0.6) is 0 Å². The number of hydrogen-bond acceptors (Lipinski definition) is 0. The van der Waals surface area contributed by atoms with Gasteiger partial charge >= 0.3 is 0 Å². The quantitative estimate of drug-likeness (QED) is 0.600. The predicted molar refractivity (Wildman–Crippen MR) is 68.8 cm³/mol. The lowest BCUT2D eigenvalue weighted by Gasteiger charge is -2.31. The summed E-state index contributed by atoms with van der Waals surface area (Å²) in [6.07, 6.45) is 2.78. The van der Waals surface area contributed by atoms with Crippen LogP contribution in [0, 0.1) is 35.0 Å². The molecule has 1 fully saturated rings. The molecule has 1 aliphatic carbocycles. The van der Waals surface area contributed by atoms with Crippen molar-refractivity contribution < 1.29 is 0 Å². The zero-order valence-corrected chi connectivity index (χ0v) is 11.8. The van der Waals surface area contributed by atoms with Crippen molar-refractivity contribution in [2.75, 3.05) is 0 Å². The van der Waals surface area contributed by atoms with E-state index in [1.807, 2.05) is 0 Å². The maximum atomic E-state index is 2.48. The van der Waals surface area contributed by atoms with E-state index in [0.29, 0.717) is 5.41 Å². The van der Waals surface area contributed by atoms with Gasteiger partial charge in [-0.3, -0.25) is 0 Å². The summed E-state index contributed by atoms with van der Waals surface area (Å²) < 4.78 is 0. The van der Waals surface area contributed by atoms with Gasteiger partial charge in [-0.05, 0) is 41.4 Å². The average molecular weight is 210 g/mol. The van der Waals surface area contributed by atoms with Crippen molar-refractivity contribution in [2.45, 2.75) is 61.3 Å². The lowest BCUT2D eigenvalue weighted by atomic mass is 9.75. The van der Waals surface area contributed by atoms with Crippen molar-refractivity contribution in [1.29, 1.82) is 0 Å². The van der Waals surface area contributed by atoms with E-state index in [9.17, 15) is 0 Å². The fourth-order valence-electron chi connectivity index (χ4n) is 3.14. The summed E-state index contributed by atoms with van der Waals surface area (Å²) >= 11 is 0. The van der Waals surface area contributed by atoms with Gasteiger partial charge in [-0.1, -0.05) is 54.9 Å². The molecule has 15 heavy (non-hydrogen) atoms. The third-order valence-electron chi connectivity index (χ3n) is 5.42. The van der Waals surface area contributed by atoms with Gasteiger partial charge in [-0.2, -0.15) is 0 Å². The van der Waals surface area contributed by atoms with Gasteiger partial charge in [0.2, 0.25) is 0 Å². The second kappa shape index (κ2) is 4.47. The van der Waals surface area contributed by atoms with Gasteiger partial charge < -0.3 is 0 Å². The Bertz CT molecular complexity index is 204. The molecule has 90 valence electrons. The van der Waals surface area contributed by atoms with Crippen molar-refractivity contribution in [3.8, 4) is 0 Å². The highest BCUT2D eigenvalue weighted by atomic mass is 14.5. The van der Waals surface area contributed by atoms with E-state index in [-0.39, 0.29) is 0 Å². The first-order valence-electron chi connectivity index (χ1n) is 6.81. The molecule has 0 nitrogen and oxygen atoms in total. The number of rotatable bonds is 5. The first kappa shape index (κ1) is 13.1. The molecule has 0 aromatic heterocycles. The summed E-state index contributed by atoms with van der Waals surface area (Å²) in [6, 6.07) is 0. The topological polar surface area (TPSA) is 0 Å². The van der Waals surface area contributed by atoms with E-state index < -0.39 is 0 Å². The molecule has 5 atom stereocenters. The first-order chi connectivity index (χ1) is 6.81. The summed E-state index contributed by atoms with van der Waals surface area (Å²) in [5, 5.41) is 0. The standard InChI is InChI=1S/C15H30/c1-8-10(2)11(3)12(4)13(5)14-9-15(14,6)7/h10-14H,8-9H2,1-7H3. The molecule has 0 amide bonds. The number of hydrogen-bond donors (Lipinski definition) is 0. The Balaban J connectivity index is 2.50. The van der Waals surface area contributed by atoms with Gasteiger partial charge in [-0.25, -0.2) is 0 Å². The Morgan fingerprint density at radius 1 is 1.07 bits per heavy atom. The van der Waals surface area contributed by atoms with Gasteiger partial charge in [0.25, 0.3) is 0 Å². The van der Waals surface area contributed by atoms with E-state index >= 15 is 0 Å². The summed E-state index contributed by atoms with van der Waals surface area (Å²) in [7, 11) is 0. The summed E-state index contributed by atoms with van der Waals surface area (Å²) in [4.78, 5) is 0. The summed E-state index contributed by atoms with van der Waals surface area (Å²) in [6.45, 7) is 17.0. The van der Waals surface area contributed by atoms with Crippen molar-refractivity contribution in [2.24, 2.45) is 35.0 Å². The zero-order valence-electron chi connectivity index (χ0n) is 11.8. The first-order valence-corrected chi connectivity index (χ1v) is 6.81. The highest BCUT2D eigenvalue weighted by molar-refractivity contribution is 4.99. The van der Waals surface area contributed by atoms with Crippen LogP contribution in [0.4, 0.5) is 0 Å². The minimum absolute atomic E-state index is 0.642. The highest BCUT2D eigenvalue weighted by Gasteiger charge is 2.50. The van der Waals surface area contributed by atoms with Crippen LogP contribution < -0.4 is 0 Å². The Labute approximate surface area is 96.8 Å². The molecule has 0 aromatic carbocycles. The minimum Gasteiger partial charge on any atom is -0.0651 e. The molecular formula is C15H30. The smallest absolute Gasteiger partial charge is 0.0320 e. The van der Waals surface area contributed by atoms with Crippen LogP contribution in [0.1, 0.15) is 61.3 Å².